The lowest BCUT2D eigenvalue weighted by molar-refractivity contribution is 0.424. The SMILES string of the molecule is CCC(C)(C)c1cc(C=C2C=CC=CC2C=Cc2ccccc2)c(O)c(C(C)(C)CC)c1. The summed E-state index contributed by atoms with van der Waals surface area (Å²) in [6, 6.07) is 14.8. The molecule has 1 atom stereocenters. The van der Waals surface area contributed by atoms with Gasteiger partial charge in [0.2, 0.25) is 0 Å². The van der Waals surface area contributed by atoms with Gasteiger partial charge < -0.3 is 5.11 Å². The van der Waals surface area contributed by atoms with Crippen LogP contribution >= 0.6 is 0 Å². The zero-order valence-corrected chi connectivity index (χ0v) is 20.5. The van der Waals surface area contributed by atoms with E-state index in [-0.39, 0.29) is 16.7 Å². The van der Waals surface area contributed by atoms with Gasteiger partial charge in [0, 0.05) is 17.0 Å². The van der Waals surface area contributed by atoms with Gasteiger partial charge in [-0.2, -0.15) is 0 Å². The van der Waals surface area contributed by atoms with Crippen LogP contribution < -0.4 is 0 Å². The first-order valence-corrected chi connectivity index (χ1v) is 11.9. The van der Waals surface area contributed by atoms with Gasteiger partial charge in [0.15, 0.2) is 0 Å². The lowest BCUT2D eigenvalue weighted by Gasteiger charge is -2.30. The fourth-order valence-corrected chi connectivity index (χ4v) is 3.92. The van der Waals surface area contributed by atoms with E-state index in [0.29, 0.717) is 5.75 Å². The molecule has 1 nitrogen and oxygen atoms in total. The van der Waals surface area contributed by atoms with Crippen LogP contribution in [0.25, 0.3) is 12.2 Å². The van der Waals surface area contributed by atoms with Gasteiger partial charge in [0.1, 0.15) is 5.75 Å². The van der Waals surface area contributed by atoms with Gasteiger partial charge in [-0.05, 0) is 52.5 Å². The smallest absolute Gasteiger partial charge is 0.126 e. The van der Waals surface area contributed by atoms with E-state index in [2.05, 4.69) is 120 Å². The van der Waals surface area contributed by atoms with Crippen molar-refractivity contribution < 1.29 is 5.11 Å². The van der Waals surface area contributed by atoms with Crippen molar-refractivity contribution in [1.29, 1.82) is 0 Å². The Kier molecular flexibility index (Phi) is 7.29. The molecule has 0 saturated heterocycles. The summed E-state index contributed by atoms with van der Waals surface area (Å²) in [7, 11) is 0. The van der Waals surface area contributed by atoms with Crippen LogP contribution in [0.5, 0.6) is 5.75 Å². The minimum atomic E-state index is -0.0912. The zero-order valence-electron chi connectivity index (χ0n) is 20.5. The Hall–Kier alpha value is -2.80. The number of allylic oxidation sites excluding steroid dienone is 6. The highest BCUT2D eigenvalue weighted by molar-refractivity contribution is 5.68. The third-order valence-corrected chi connectivity index (χ3v) is 7.14. The van der Waals surface area contributed by atoms with Gasteiger partial charge in [-0.3, -0.25) is 0 Å². The van der Waals surface area contributed by atoms with Crippen LogP contribution in [0.15, 0.2) is 78.4 Å². The lowest BCUT2D eigenvalue weighted by Crippen LogP contribution is -2.20. The van der Waals surface area contributed by atoms with Crippen LogP contribution in [0.1, 0.15) is 76.6 Å². The van der Waals surface area contributed by atoms with Crippen LogP contribution in [-0.4, -0.2) is 5.11 Å². The third kappa shape index (κ3) is 5.33. The molecule has 0 amide bonds. The summed E-state index contributed by atoms with van der Waals surface area (Å²) in [6.07, 6.45) is 17.1. The van der Waals surface area contributed by atoms with Crippen LogP contribution in [-0.2, 0) is 10.8 Å². The monoisotopic (exact) mass is 426 g/mol. The molecule has 32 heavy (non-hydrogen) atoms. The Bertz CT molecular complexity index is 1050. The molecule has 1 aliphatic rings. The molecule has 0 bridgehead atoms. The maximum atomic E-state index is 11.3. The van der Waals surface area contributed by atoms with Crippen molar-refractivity contribution in [3.63, 3.8) is 0 Å². The average molecular weight is 427 g/mol. The van der Waals surface area contributed by atoms with E-state index >= 15 is 0 Å². The number of phenolic OH excluding ortho intramolecular Hbond substituents is 1. The van der Waals surface area contributed by atoms with Gasteiger partial charge in [0.05, 0.1) is 0 Å². The number of benzene rings is 2. The topological polar surface area (TPSA) is 20.2 Å². The second-order valence-corrected chi connectivity index (χ2v) is 10.1. The Labute approximate surface area is 194 Å². The van der Waals surface area contributed by atoms with Gasteiger partial charge in [-0.15, -0.1) is 0 Å². The third-order valence-electron chi connectivity index (χ3n) is 7.14. The summed E-state index contributed by atoms with van der Waals surface area (Å²) in [4.78, 5) is 0. The summed E-state index contributed by atoms with van der Waals surface area (Å²) in [5.74, 6) is 0.582. The lowest BCUT2D eigenvalue weighted by atomic mass is 9.75. The molecule has 0 aromatic heterocycles. The normalized spacial score (nSPS) is 18.1. The first-order valence-electron chi connectivity index (χ1n) is 11.9. The van der Waals surface area contributed by atoms with Crippen LogP contribution in [0.3, 0.4) is 0 Å². The molecule has 1 aliphatic carbocycles. The van der Waals surface area contributed by atoms with Crippen LogP contribution in [0.2, 0.25) is 0 Å². The number of phenols is 1. The van der Waals surface area contributed by atoms with Crippen molar-refractivity contribution >= 4 is 12.2 Å². The molecule has 168 valence electrons. The largest absolute Gasteiger partial charge is 0.507 e. The quantitative estimate of drug-likeness (QED) is 0.470. The molecule has 0 fully saturated rings. The van der Waals surface area contributed by atoms with Gasteiger partial charge in [-0.25, -0.2) is 0 Å². The van der Waals surface area contributed by atoms with E-state index in [0.717, 1.165) is 24.0 Å². The summed E-state index contributed by atoms with van der Waals surface area (Å²) < 4.78 is 0. The minimum absolute atomic E-state index is 0.0500. The maximum Gasteiger partial charge on any atom is 0.126 e. The first kappa shape index (κ1) is 23.9. The average Bonchev–Trinajstić information content (AvgIpc) is 2.80. The number of rotatable bonds is 7. The van der Waals surface area contributed by atoms with E-state index in [1.807, 2.05) is 6.07 Å². The predicted octanol–water partition coefficient (Wildman–Crippen LogP) is 8.61. The minimum Gasteiger partial charge on any atom is -0.507 e. The predicted molar refractivity (Wildman–Crippen MR) is 140 cm³/mol. The molecular weight excluding hydrogens is 388 g/mol. The van der Waals surface area contributed by atoms with Gasteiger partial charge in [0.25, 0.3) is 0 Å². The molecule has 2 aromatic rings. The molecular formula is C31H38O. The summed E-state index contributed by atoms with van der Waals surface area (Å²) in [6.45, 7) is 13.4. The van der Waals surface area contributed by atoms with Crippen LogP contribution in [0.4, 0.5) is 0 Å². The van der Waals surface area contributed by atoms with Crippen LogP contribution in [0, 0.1) is 5.92 Å². The molecule has 1 heteroatoms. The summed E-state index contributed by atoms with van der Waals surface area (Å²) in [5.41, 5.74) is 5.57. The standard InChI is InChI=1S/C31H38O/c1-7-30(3,4)27-21-26(29(32)28(22-27)31(5,6)8-2)20-25-17-13-12-16-24(25)19-18-23-14-10-9-11-15-23/h9-22,24,32H,7-8H2,1-6H3. The van der Waals surface area contributed by atoms with E-state index < -0.39 is 0 Å². The van der Waals surface area contributed by atoms with Crippen molar-refractivity contribution in [2.45, 2.75) is 65.2 Å². The molecule has 0 spiro atoms. The highest BCUT2D eigenvalue weighted by Gasteiger charge is 2.28. The van der Waals surface area contributed by atoms with Crippen molar-refractivity contribution in [2.24, 2.45) is 5.92 Å². The van der Waals surface area contributed by atoms with Crippen molar-refractivity contribution in [2.75, 3.05) is 0 Å². The van der Waals surface area contributed by atoms with Crippen molar-refractivity contribution in [3.8, 4) is 5.75 Å². The summed E-state index contributed by atoms with van der Waals surface area (Å²) in [5, 5.41) is 11.3. The molecule has 0 aliphatic heterocycles. The summed E-state index contributed by atoms with van der Waals surface area (Å²) >= 11 is 0. The van der Waals surface area contributed by atoms with Gasteiger partial charge >= 0.3 is 0 Å². The Morgan fingerprint density at radius 1 is 0.906 bits per heavy atom. The molecule has 1 N–H and O–H groups in total. The Morgan fingerprint density at radius 3 is 2.25 bits per heavy atom. The second kappa shape index (κ2) is 9.77. The molecule has 2 aromatic carbocycles. The highest BCUT2D eigenvalue weighted by Crippen LogP contribution is 2.41. The second-order valence-electron chi connectivity index (χ2n) is 10.1. The Balaban J connectivity index is 2.09. The molecule has 0 heterocycles. The zero-order chi connectivity index (χ0) is 23.4. The van der Waals surface area contributed by atoms with Crippen molar-refractivity contribution in [3.05, 3.63) is 101 Å². The van der Waals surface area contributed by atoms with Crippen molar-refractivity contribution in [1.82, 2.24) is 0 Å². The van der Waals surface area contributed by atoms with E-state index in [1.165, 1.54) is 16.7 Å². The van der Waals surface area contributed by atoms with E-state index in [4.69, 9.17) is 0 Å². The first-order chi connectivity index (χ1) is 15.2. The highest BCUT2D eigenvalue weighted by atomic mass is 16.3. The molecule has 0 radical (unpaired) electrons. The van der Waals surface area contributed by atoms with E-state index in [9.17, 15) is 5.11 Å². The Morgan fingerprint density at radius 2 is 1.59 bits per heavy atom. The van der Waals surface area contributed by atoms with Gasteiger partial charge in [-0.1, -0.05) is 114 Å². The number of hydrogen-bond donors (Lipinski definition) is 1. The fraction of sp³-hybridized carbons (Fsp3) is 0.355. The van der Waals surface area contributed by atoms with E-state index in [1.54, 1.807) is 0 Å². The molecule has 1 unspecified atom stereocenters. The maximum absolute atomic E-state index is 11.3. The fourth-order valence-electron chi connectivity index (χ4n) is 3.92. The molecule has 3 rings (SSSR count). The number of hydrogen-bond acceptors (Lipinski definition) is 1. The number of aromatic hydroxyl groups is 1. The molecule has 0 saturated carbocycles.